The Morgan fingerprint density at radius 3 is 2.44 bits per heavy atom. The lowest BCUT2D eigenvalue weighted by Crippen LogP contribution is -1.94. The van der Waals surface area contributed by atoms with Gasteiger partial charge in [-0.25, -0.2) is 0 Å². The number of aliphatic hydroxyl groups excluding tert-OH is 1. The summed E-state index contributed by atoms with van der Waals surface area (Å²) in [5.41, 5.74) is 1.46. The van der Waals surface area contributed by atoms with Crippen molar-refractivity contribution in [2.45, 2.75) is 6.61 Å². The first kappa shape index (κ1) is 13.9. The minimum Gasteiger partial charge on any atom is -0.392 e. The molecule has 2 aromatic rings. The molecule has 1 heterocycles. The van der Waals surface area contributed by atoms with Gasteiger partial charge in [-0.05, 0) is 18.2 Å². The maximum absolute atomic E-state index is 9.24. The molecule has 18 heavy (non-hydrogen) atoms. The van der Waals surface area contributed by atoms with Gasteiger partial charge in [-0.2, -0.15) is 0 Å². The second-order valence-corrected chi connectivity index (χ2v) is 5.16. The summed E-state index contributed by atoms with van der Waals surface area (Å²) >= 11 is 24.1. The number of aromatic nitrogens is 1. The van der Waals surface area contributed by atoms with Crippen LogP contribution in [0.5, 0.6) is 0 Å². The van der Waals surface area contributed by atoms with E-state index in [1.165, 1.54) is 6.20 Å². The fourth-order valence-corrected chi connectivity index (χ4v) is 2.46. The van der Waals surface area contributed by atoms with Crippen LogP contribution in [0.25, 0.3) is 11.3 Å². The van der Waals surface area contributed by atoms with E-state index in [4.69, 9.17) is 46.4 Å². The molecular formula is C12H7Cl4NO. The van der Waals surface area contributed by atoms with Crippen LogP contribution in [0, 0.1) is 0 Å². The Bertz CT molecular complexity index is 601. The van der Waals surface area contributed by atoms with Crippen molar-refractivity contribution in [2.75, 3.05) is 0 Å². The molecule has 1 aromatic heterocycles. The maximum atomic E-state index is 9.24. The molecule has 0 bridgehead atoms. The molecule has 0 amide bonds. The molecule has 6 heteroatoms. The summed E-state index contributed by atoms with van der Waals surface area (Å²) in [5, 5.41) is 10.8. The normalized spacial score (nSPS) is 10.7. The first-order valence-electron chi connectivity index (χ1n) is 4.93. The van der Waals surface area contributed by atoms with Gasteiger partial charge in [-0.3, -0.25) is 4.98 Å². The highest BCUT2D eigenvalue weighted by Crippen LogP contribution is 2.37. The van der Waals surface area contributed by atoms with Crippen LogP contribution in [0.4, 0.5) is 0 Å². The van der Waals surface area contributed by atoms with Gasteiger partial charge < -0.3 is 5.11 Å². The lowest BCUT2D eigenvalue weighted by atomic mass is 10.1. The molecule has 94 valence electrons. The zero-order chi connectivity index (χ0) is 13.3. The first-order valence-corrected chi connectivity index (χ1v) is 6.45. The van der Waals surface area contributed by atoms with E-state index in [9.17, 15) is 5.11 Å². The van der Waals surface area contributed by atoms with Gasteiger partial charge >= 0.3 is 0 Å². The fraction of sp³-hybridized carbons (Fsp3) is 0.0833. The van der Waals surface area contributed by atoms with E-state index in [1.807, 2.05) is 0 Å². The Morgan fingerprint density at radius 2 is 1.78 bits per heavy atom. The monoisotopic (exact) mass is 321 g/mol. The molecule has 2 nitrogen and oxygen atoms in total. The van der Waals surface area contributed by atoms with Crippen molar-refractivity contribution >= 4 is 46.4 Å². The van der Waals surface area contributed by atoms with Crippen molar-refractivity contribution in [1.29, 1.82) is 0 Å². The topological polar surface area (TPSA) is 33.1 Å². The first-order chi connectivity index (χ1) is 8.54. The summed E-state index contributed by atoms with van der Waals surface area (Å²) in [6.07, 6.45) is 1.42. The predicted molar refractivity (Wildman–Crippen MR) is 75.6 cm³/mol. The second kappa shape index (κ2) is 5.64. The third kappa shape index (κ3) is 2.58. The molecule has 0 saturated carbocycles. The van der Waals surface area contributed by atoms with E-state index in [-0.39, 0.29) is 11.6 Å². The molecule has 0 radical (unpaired) electrons. The fourth-order valence-electron chi connectivity index (χ4n) is 1.52. The Morgan fingerprint density at radius 1 is 1.06 bits per heavy atom. The molecule has 0 saturated heterocycles. The smallest absolute Gasteiger partial charge is 0.0908 e. The average molecular weight is 323 g/mol. The third-order valence-corrected chi connectivity index (χ3v) is 3.71. The minimum atomic E-state index is -0.272. The number of nitrogens with zero attached hydrogens (tertiary/aromatic N) is 1. The van der Waals surface area contributed by atoms with Gasteiger partial charge in [0.1, 0.15) is 0 Å². The van der Waals surface area contributed by atoms with Crippen LogP contribution < -0.4 is 0 Å². The maximum Gasteiger partial charge on any atom is 0.0908 e. The van der Waals surface area contributed by atoms with Gasteiger partial charge in [-0.1, -0.05) is 46.4 Å². The summed E-state index contributed by atoms with van der Waals surface area (Å²) in [5.74, 6) is 0. The van der Waals surface area contributed by atoms with Crippen molar-refractivity contribution in [1.82, 2.24) is 4.98 Å². The van der Waals surface area contributed by atoms with Gasteiger partial charge in [0.15, 0.2) is 0 Å². The van der Waals surface area contributed by atoms with Gasteiger partial charge in [0.2, 0.25) is 0 Å². The van der Waals surface area contributed by atoms with E-state index in [2.05, 4.69) is 4.98 Å². The Hall–Kier alpha value is -0.510. The van der Waals surface area contributed by atoms with Crippen molar-refractivity contribution in [3.63, 3.8) is 0 Å². The zero-order valence-corrected chi connectivity index (χ0v) is 11.9. The van der Waals surface area contributed by atoms with Crippen LogP contribution >= 0.6 is 46.4 Å². The second-order valence-electron chi connectivity index (χ2n) is 3.53. The van der Waals surface area contributed by atoms with Crippen molar-refractivity contribution in [2.24, 2.45) is 0 Å². The number of pyridine rings is 1. The van der Waals surface area contributed by atoms with Crippen LogP contribution in [-0.4, -0.2) is 10.1 Å². The van der Waals surface area contributed by atoms with Crippen LogP contribution in [-0.2, 0) is 6.61 Å². The highest BCUT2D eigenvalue weighted by Gasteiger charge is 2.15. The van der Waals surface area contributed by atoms with Crippen LogP contribution in [0.15, 0.2) is 24.4 Å². The van der Waals surface area contributed by atoms with Gasteiger partial charge in [0.05, 0.1) is 27.4 Å². The SMILES string of the molecule is OCc1c(Cl)cnc(-c2cc(Cl)ccc2Cl)c1Cl. The zero-order valence-electron chi connectivity index (χ0n) is 8.92. The standard InChI is InChI=1S/C12H7Cl4NO/c13-6-1-2-9(14)7(3-6)12-11(16)8(5-18)10(15)4-17-12/h1-4,18H,5H2. The molecule has 2 rings (SSSR count). The van der Waals surface area contributed by atoms with Crippen molar-refractivity contribution in [3.05, 3.63) is 50.0 Å². The number of aliphatic hydroxyl groups is 1. The Balaban J connectivity index is 2.68. The highest BCUT2D eigenvalue weighted by atomic mass is 35.5. The average Bonchev–Trinajstić information content (AvgIpc) is 2.34. The molecule has 0 aliphatic rings. The van der Waals surface area contributed by atoms with Gasteiger partial charge in [-0.15, -0.1) is 0 Å². The Labute approximate surface area is 124 Å². The van der Waals surface area contributed by atoms with Crippen molar-refractivity contribution in [3.8, 4) is 11.3 Å². The van der Waals surface area contributed by atoms with Crippen LogP contribution in [0.2, 0.25) is 20.1 Å². The molecule has 1 N–H and O–H groups in total. The summed E-state index contributed by atoms with van der Waals surface area (Å²) in [7, 11) is 0. The van der Waals surface area contributed by atoms with Gasteiger partial charge in [0, 0.05) is 22.3 Å². The third-order valence-electron chi connectivity index (χ3n) is 2.41. The number of hydrogen-bond acceptors (Lipinski definition) is 2. The summed E-state index contributed by atoms with van der Waals surface area (Å²) < 4.78 is 0. The molecule has 0 spiro atoms. The molecular weight excluding hydrogens is 316 g/mol. The largest absolute Gasteiger partial charge is 0.392 e. The molecule has 0 atom stereocenters. The number of benzene rings is 1. The van der Waals surface area contributed by atoms with Gasteiger partial charge in [0.25, 0.3) is 0 Å². The number of halogens is 4. The molecule has 0 fully saturated rings. The molecule has 0 aliphatic carbocycles. The Kier molecular flexibility index (Phi) is 4.36. The van der Waals surface area contributed by atoms with E-state index < -0.39 is 0 Å². The summed E-state index contributed by atoms with van der Waals surface area (Å²) in [6.45, 7) is -0.272. The van der Waals surface area contributed by atoms with E-state index in [0.717, 1.165) is 0 Å². The summed E-state index contributed by atoms with van der Waals surface area (Å²) in [6, 6.07) is 4.99. The minimum absolute atomic E-state index is 0.272. The van der Waals surface area contributed by atoms with Crippen LogP contribution in [0.1, 0.15) is 5.56 Å². The molecule has 1 aromatic carbocycles. The lowest BCUT2D eigenvalue weighted by molar-refractivity contribution is 0.282. The van der Waals surface area contributed by atoms with Crippen LogP contribution in [0.3, 0.4) is 0 Å². The molecule has 0 aliphatic heterocycles. The quantitative estimate of drug-likeness (QED) is 0.857. The number of rotatable bonds is 2. The number of hydrogen-bond donors (Lipinski definition) is 1. The van der Waals surface area contributed by atoms with E-state index in [1.54, 1.807) is 18.2 Å². The molecule has 0 unspecified atom stereocenters. The predicted octanol–water partition coefficient (Wildman–Crippen LogP) is 4.85. The summed E-state index contributed by atoms with van der Waals surface area (Å²) in [4.78, 5) is 4.14. The van der Waals surface area contributed by atoms with Crippen molar-refractivity contribution < 1.29 is 5.11 Å². The van der Waals surface area contributed by atoms with E-state index in [0.29, 0.717) is 31.9 Å². The highest BCUT2D eigenvalue weighted by molar-refractivity contribution is 6.39. The lowest BCUT2D eigenvalue weighted by Gasteiger charge is -2.10. The van der Waals surface area contributed by atoms with E-state index >= 15 is 0 Å².